The van der Waals surface area contributed by atoms with Crippen molar-refractivity contribution in [2.75, 3.05) is 32.5 Å². The number of ether oxygens (including phenoxy) is 3. The first kappa shape index (κ1) is 26.0. The third kappa shape index (κ3) is 4.93. The van der Waals surface area contributed by atoms with Crippen LogP contribution in [0, 0.1) is 0 Å². The lowest BCUT2D eigenvalue weighted by atomic mass is 9.99. The number of hydrogen-bond acceptors (Lipinski definition) is 5. The third-order valence-corrected chi connectivity index (χ3v) is 8.89. The minimum atomic E-state index is -1.30. The molecule has 0 aliphatic carbocycles. The van der Waals surface area contributed by atoms with Crippen LogP contribution in [0.15, 0.2) is 60.8 Å². The fraction of sp³-hybridized carbons (Fsp3) is 0.333. The Kier molecular flexibility index (Phi) is 7.03. The van der Waals surface area contributed by atoms with Gasteiger partial charge in [-0.25, -0.2) is 0 Å². The van der Waals surface area contributed by atoms with E-state index in [0.29, 0.717) is 35.8 Å². The zero-order valence-corrected chi connectivity index (χ0v) is 23.6. The molecule has 2 amide bonds. The van der Waals surface area contributed by atoms with Gasteiger partial charge >= 0.3 is 0 Å². The molecule has 0 aromatic heterocycles. The minimum absolute atomic E-state index is 0.0642. The van der Waals surface area contributed by atoms with Crippen LogP contribution in [0.1, 0.15) is 22.3 Å². The number of nitrogens with zero attached hydrogens (tertiary/aromatic N) is 2. The van der Waals surface area contributed by atoms with Gasteiger partial charge in [0.15, 0.2) is 11.5 Å². The van der Waals surface area contributed by atoms with E-state index in [4.69, 9.17) is 14.2 Å². The van der Waals surface area contributed by atoms with E-state index in [-0.39, 0.29) is 18.5 Å². The molecule has 3 aromatic carbocycles. The van der Waals surface area contributed by atoms with E-state index in [9.17, 15) is 9.59 Å². The Hall–Kier alpha value is -3.62. The molecule has 0 spiro atoms. The number of carbonyl (C=O) groups is 2. The van der Waals surface area contributed by atoms with Crippen LogP contribution in [0.4, 0.5) is 5.69 Å². The van der Waals surface area contributed by atoms with E-state index in [2.05, 4.69) is 50.0 Å². The highest BCUT2D eigenvalue weighted by Gasteiger charge is 2.43. The van der Waals surface area contributed by atoms with Crippen molar-refractivity contribution in [3.05, 3.63) is 71.9 Å². The summed E-state index contributed by atoms with van der Waals surface area (Å²) >= 11 is 0. The molecule has 5 rings (SSSR count). The molecule has 2 aliphatic heterocycles. The molecule has 1 atom stereocenters. The number of benzene rings is 3. The van der Waals surface area contributed by atoms with Crippen LogP contribution >= 0.6 is 0 Å². The Morgan fingerprint density at radius 2 is 1.63 bits per heavy atom. The zero-order chi connectivity index (χ0) is 27.0. The molecule has 0 radical (unpaired) electrons. The van der Waals surface area contributed by atoms with Crippen molar-refractivity contribution in [3.8, 4) is 11.5 Å². The predicted octanol–water partition coefficient (Wildman–Crippen LogP) is 5.77. The molecule has 0 saturated carbocycles. The van der Waals surface area contributed by atoms with Gasteiger partial charge in [0.2, 0.25) is 0 Å². The SMILES string of the molecule is COc1cc2c(cc1OC)N(COCC[Si](C)(C)C)C(=O)[C@@H]1CC(c3ccc4ccccc4c3)=CN1C2=O. The normalized spacial score (nSPS) is 17.3. The largest absolute Gasteiger partial charge is 0.493 e. The Balaban J connectivity index is 1.53. The number of methoxy groups -OCH3 is 2. The Labute approximate surface area is 224 Å². The molecule has 198 valence electrons. The van der Waals surface area contributed by atoms with Crippen LogP contribution in [0.2, 0.25) is 25.7 Å². The number of rotatable bonds is 8. The number of carbonyl (C=O) groups excluding carboxylic acids is 2. The second kappa shape index (κ2) is 10.3. The van der Waals surface area contributed by atoms with E-state index in [1.165, 1.54) is 14.2 Å². The first-order valence-electron chi connectivity index (χ1n) is 12.9. The van der Waals surface area contributed by atoms with Crippen LogP contribution in [0.3, 0.4) is 0 Å². The fourth-order valence-electron chi connectivity index (χ4n) is 4.97. The topological polar surface area (TPSA) is 68.3 Å². The summed E-state index contributed by atoms with van der Waals surface area (Å²) in [5, 5.41) is 2.26. The fourth-order valence-corrected chi connectivity index (χ4v) is 5.73. The monoisotopic (exact) mass is 530 g/mol. The summed E-state index contributed by atoms with van der Waals surface area (Å²) in [5.41, 5.74) is 2.80. The number of fused-ring (bicyclic) bond motifs is 3. The molecule has 0 fully saturated rings. The van der Waals surface area contributed by atoms with Crippen LogP contribution < -0.4 is 14.4 Å². The van der Waals surface area contributed by atoms with Gasteiger partial charge in [0.1, 0.15) is 12.8 Å². The van der Waals surface area contributed by atoms with Gasteiger partial charge < -0.3 is 19.1 Å². The lowest BCUT2D eigenvalue weighted by Crippen LogP contribution is -2.45. The van der Waals surface area contributed by atoms with Gasteiger partial charge in [0.05, 0.1) is 25.5 Å². The molecule has 7 nitrogen and oxygen atoms in total. The van der Waals surface area contributed by atoms with Crippen molar-refractivity contribution in [3.63, 3.8) is 0 Å². The highest BCUT2D eigenvalue weighted by molar-refractivity contribution is 6.76. The first-order chi connectivity index (χ1) is 18.2. The summed E-state index contributed by atoms with van der Waals surface area (Å²) < 4.78 is 17.0. The summed E-state index contributed by atoms with van der Waals surface area (Å²) in [6, 6.07) is 18.1. The van der Waals surface area contributed by atoms with E-state index in [1.54, 1.807) is 21.9 Å². The maximum Gasteiger partial charge on any atom is 0.260 e. The molecular formula is C30H34N2O5Si. The summed E-state index contributed by atoms with van der Waals surface area (Å²) in [6.45, 7) is 7.48. The van der Waals surface area contributed by atoms with Gasteiger partial charge in [-0.3, -0.25) is 14.5 Å². The molecule has 0 bridgehead atoms. The van der Waals surface area contributed by atoms with E-state index in [1.807, 2.05) is 18.3 Å². The summed E-state index contributed by atoms with van der Waals surface area (Å²) in [6.07, 6.45) is 2.25. The molecule has 2 heterocycles. The lowest BCUT2D eigenvalue weighted by molar-refractivity contribution is -0.122. The summed E-state index contributed by atoms with van der Waals surface area (Å²) in [7, 11) is 1.77. The third-order valence-electron chi connectivity index (χ3n) is 7.19. The van der Waals surface area contributed by atoms with Gasteiger partial charge in [-0.05, 0) is 40.1 Å². The van der Waals surface area contributed by atoms with Gasteiger partial charge in [0.25, 0.3) is 11.8 Å². The summed E-state index contributed by atoms with van der Waals surface area (Å²) in [4.78, 5) is 31.1. The average molecular weight is 531 g/mol. The Bertz CT molecular complexity index is 1430. The van der Waals surface area contributed by atoms with E-state index in [0.717, 1.165) is 28.0 Å². The Morgan fingerprint density at radius 1 is 0.921 bits per heavy atom. The number of hydrogen-bond donors (Lipinski definition) is 0. The molecule has 0 N–H and O–H groups in total. The van der Waals surface area contributed by atoms with Crippen LogP contribution in [0.5, 0.6) is 11.5 Å². The number of anilines is 1. The van der Waals surface area contributed by atoms with Crippen molar-refractivity contribution in [2.45, 2.75) is 38.1 Å². The predicted molar refractivity (Wildman–Crippen MR) is 153 cm³/mol. The second-order valence-electron chi connectivity index (χ2n) is 11.0. The zero-order valence-electron chi connectivity index (χ0n) is 22.6. The van der Waals surface area contributed by atoms with Crippen LogP contribution in [-0.2, 0) is 9.53 Å². The van der Waals surface area contributed by atoms with E-state index >= 15 is 0 Å². The maximum atomic E-state index is 14.0. The molecule has 38 heavy (non-hydrogen) atoms. The van der Waals surface area contributed by atoms with Gasteiger partial charge in [-0.2, -0.15) is 0 Å². The standard InChI is InChI=1S/C30H34N2O5Si/c1-35-27-16-24-25(17-28(27)36-2)32(19-37-12-13-38(3,4)5)30(34)26-15-23(18-31(26)29(24)33)22-11-10-20-8-6-7-9-21(20)14-22/h6-11,14,16-18,26H,12-13,15,19H2,1-5H3/t26-/m0/s1. The maximum absolute atomic E-state index is 14.0. The molecule has 3 aromatic rings. The minimum Gasteiger partial charge on any atom is -0.493 e. The quantitative estimate of drug-likeness (QED) is 0.273. The second-order valence-corrected chi connectivity index (χ2v) is 16.6. The lowest BCUT2D eigenvalue weighted by Gasteiger charge is -2.26. The smallest absolute Gasteiger partial charge is 0.260 e. The number of amides is 2. The van der Waals surface area contributed by atoms with Crippen molar-refractivity contribution < 1.29 is 23.8 Å². The molecule has 2 aliphatic rings. The molecule has 0 saturated heterocycles. The first-order valence-corrected chi connectivity index (χ1v) is 16.6. The molecule has 0 unspecified atom stereocenters. The van der Waals surface area contributed by atoms with Crippen LogP contribution in [0.25, 0.3) is 16.3 Å². The van der Waals surface area contributed by atoms with E-state index < -0.39 is 14.1 Å². The van der Waals surface area contributed by atoms with Gasteiger partial charge in [0, 0.05) is 33.4 Å². The van der Waals surface area contributed by atoms with Gasteiger partial charge in [-0.1, -0.05) is 56.0 Å². The average Bonchev–Trinajstić information content (AvgIpc) is 3.34. The van der Waals surface area contributed by atoms with Crippen molar-refractivity contribution in [2.24, 2.45) is 0 Å². The van der Waals surface area contributed by atoms with Crippen molar-refractivity contribution >= 4 is 41.9 Å². The molecule has 8 heteroatoms. The van der Waals surface area contributed by atoms with Crippen molar-refractivity contribution in [1.82, 2.24) is 4.90 Å². The van der Waals surface area contributed by atoms with Crippen molar-refractivity contribution in [1.29, 1.82) is 0 Å². The highest BCUT2D eigenvalue weighted by atomic mass is 28.3. The molecular weight excluding hydrogens is 496 g/mol. The Morgan fingerprint density at radius 3 is 2.34 bits per heavy atom. The highest BCUT2D eigenvalue weighted by Crippen LogP contribution is 2.42. The summed E-state index contributed by atoms with van der Waals surface area (Å²) in [5.74, 6) is 0.459. The van der Waals surface area contributed by atoms with Gasteiger partial charge in [-0.15, -0.1) is 0 Å². The van der Waals surface area contributed by atoms with Crippen LogP contribution in [-0.4, -0.2) is 58.4 Å².